The Labute approximate surface area is 235 Å². The van der Waals surface area contributed by atoms with Crippen LogP contribution >= 0.6 is 0 Å². The van der Waals surface area contributed by atoms with Crippen molar-refractivity contribution in [2.75, 3.05) is 39.2 Å². The molecule has 11 heteroatoms. The molecule has 0 aliphatic carbocycles. The largest absolute Gasteiger partial charge is 0.497 e. The van der Waals surface area contributed by atoms with Gasteiger partial charge >= 0.3 is 0 Å². The molecule has 1 atom stereocenters. The first-order chi connectivity index (χ1) is 19.2. The van der Waals surface area contributed by atoms with Crippen molar-refractivity contribution >= 4 is 27.5 Å². The number of nitrogens with one attached hydrogen (secondary N) is 1. The van der Waals surface area contributed by atoms with Crippen molar-refractivity contribution < 1.29 is 32.2 Å². The SMILES string of the molecule is CC[C@H](C(=O)NC)N(Cc1ccc(OC)cc1)C(=O)CN(c1ccccc1)S(=O)(=O)c1ccc(OC)c(OC)c1. The summed E-state index contributed by atoms with van der Waals surface area (Å²) in [5.41, 5.74) is 1.05. The van der Waals surface area contributed by atoms with Gasteiger partial charge in [0.1, 0.15) is 18.3 Å². The first-order valence-corrected chi connectivity index (χ1v) is 14.1. The molecular formula is C29H35N3O7S. The second-order valence-electron chi connectivity index (χ2n) is 8.77. The Morgan fingerprint density at radius 1 is 0.875 bits per heavy atom. The van der Waals surface area contributed by atoms with Crippen LogP contribution in [0, 0.1) is 0 Å². The number of anilines is 1. The molecule has 0 radical (unpaired) electrons. The lowest BCUT2D eigenvalue weighted by molar-refractivity contribution is -0.140. The number of carbonyl (C=O) groups is 2. The van der Waals surface area contributed by atoms with E-state index in [2.05, 4.69) is 5.32 Å². The van der Waals surface area contributed by atoms with E-state index in [4.69, 9.17) is 14.2 Å². The molecule has 0 unspecified atom stereocenters. The van der Waals surface area contributed by atoms with Gasteiger partial charge in [-0.3, -0.25) is 13.9 Å². The standard InChI is InChI=1S/C29H35N3O7S/c1-6-25(29(34)30-2)31(19-21-12-14-23(37-3)15-13-21)28(33)20-32(22-10-8-7-9-11-22)40(35,36)24-16-17-26(38-4)27(18-24)39-5/h7-18,25H,6,19-20H2,1-5H3,(H,30,34)/t25-/m1/s1. The lowest BCUT2D eigenvalue weighted by Gasteiger charge is -2.33. The van der Waals surface area contributed by atoms with Crippen molar-refractivity contribution in [1.82, 2.24) is 10.2 Å². The highest BCUT2D eigenvalue weighted by Crippen LogP contribution is 2.32. The summed E-state index contributed by atoms with van der Waals surface area (Å²) in [6, 6.07) is 18.9. The minimum absolute atomic E-state index is 0.0816. The smallest absolute Gasteiger partial charge is 0.264 e. The highest BCUT2D eigenvalue weighted by Gasteiger charge is 2.33. The Morgan fingerprint density at radius 2 is 1.52 bits per heavy atom. The van der Waals surface area contributed by atoms with Crippen molar-refractivity contribution in [3.8, 4) is 17.2 Å². The van der Waals surface area contributed by atoms with E-state index in [0.717, 1.165) is 9.87 Å². The number of para-hydroxylation sites is 1. The van der Waals surface area contributed by atoms with Crippen LogP contribution in [0.5, 0.6) is 17.2 Å². The number of methoxy groups -OCH3 is 3. The molecule has 1 N–H and O–H groups in total. The van der Waals surface area contributed by atoms with E-state index in [1.165, 1.54) is 44.4 Å². The van der Waals surface area contributed by atoms with Crippen molar-refractivity contribution in [3.05, 3.63) is 78.4 Å². The number of carbonyl (C=O) groups excluding carboxylic acids is 2. The number of benzene rings is 3. The average Bonchev–Trinajstić information content (AvgIpc) is 2.99. The fraction of sp³-hybridized carbons (Fsp3) is 0.310. The first-order valence-electron chi connectivity index (χ1n) is 12.6. The minimum atomic E-state index is -4.25. The van der Waals surface area contributed by atoms with Crippen LogP contribution in [-0.2, 0) is 26.2 Å². The zero-order valence-electron chi connectivity index (χ0n) is 23.3. The Bertz CT molecular complexity index is 1400. The van der Waals surface area contributed by atoms with Gasteiger partial charge in [0, 0.05) is 19.7 Å². The van der Waals surface area contributed by atoms with Crippen molar-refractivity contribution in [2.45, 2.75) is 30.8 Å². The number of likely N-dealkylation sites (N-methyl/N-ethyl adjacent to an activating group) is 1. The number of sulfonamides is 1. The van der Waals surface area contributed by atoms with Gasteiger partial charge in [-0.15, -0.1) is 0 Å². The molecule has 0 spiro atoms. The fourth-order valence-corrected chi connectivity index (χ4v) is 5.67. The molecule has 0 saturated heterocycles. The van der Waals surface area contributed by atoms with E-state index < -0.39 is 28.5 Å². The van der Waals surface area contributed by atoms with Gasteiger partial charge in [0.05, 0.1) is 31.9 Å². The quantitative estimate of drug-likeness (QED) is 0.335. The molecule has 40 heavy (non-hydrogen) atoms. The van der Waals surface area contributed by atoms with Gasteiger partial charge in [-0.1, -0.05) is 37.3 Å². The Balaban J connectivity index is 2.05. The number of ether oxygens (including phenoxy) is 3. The van der Waals surface area contributed by atoms with Crippen LogP contribution < -0.4 is 23.8 Å². The van der Waals surface area contributed by atoms with Crippen LogP contribution in [-0.4, -0.2) is 66.1 Å². The summed E-state index contributed by atoms with van der Waals surface area (Å²) < 4.78 is 44.8. The van der Waals surface area contributed by atoms with E-state index >= 15 is 0 Å². The van der Waals surface area contributed by atoms with E-state index in [-0.39, 0.29) is 23.1 Å². The third kappa shape index (κ3) is 6.84. The highest BCUT2D eigenvalue weighted by molar-refractivity contribution is 7.92. The van der Waals surface area contributed by atoms with Gasteiger partial charge in [-0.05, 0) is 48.4 Å². The molecule has 3 aromatic rings. The monoisotopic (exact) mass is 569 g/mol. The lowest BCUT2D eigenvalue weighted by atomic mass is 10.1. The maximum Gasteiger partial charge on any atom is 0.264 e. The Kier molecular flexibility index (Phi) is 10.4. The van der Waals surface area contributed by atoms with Gasteiger partial charge in [-0.2, -0.15) is 0 Å². The van der Waals surface area contributed by atoms with Crippen LogP contribution in [0.25, 0.3) is 0 Å². The zero-order chi connectivity index (χ0) is 29.3. The molecule has 0 aliphatic rings. The summed E-state index contributed by atoms with van der Waals surface area (Å²) in [7, 11) is 1.67. The van der Waals surface area contributed by atoms with Crippen LogP contribution in [0.2, 0.25) is 0 Å². The molecule has 3 aromatic carbocycles. The van der Waals surface area contributed by atoms with Crippen molar-refractivity contribution in [2.24, 2.45) is 0 Å². The summed E-state index contributed by atoms with van der Waals surface area (Å²) in [6.07, 6.45) is 0.329. The molecule has 0 fully saturated rings. The number of amides is 2. The Hall–Kier alpha value is -4.25. The summed E-state index contributed by atoms with van der Waals surface area (Å²) in [4.78, 5) is 28.1. The number of hydrogen-bond donors (Lipinski definition) is 1. The summed E-state index contributed by atoms with van der Waals surface area (Å²) in [5.74, 6) is 0.356. The average molecular weight is 570 g/mol. The number of nitrogens with zero attached hydrogens (tertiary/aromatic N) is 2. The van der Waals surface area contributed by atoms with Gasteiger partial charge in [0.15, 0.2) is 11.5 Å². The topological polar surface area (TPSA) is 114 Å². The molecule has 2 amide bonds. The maximum absolute atomic E-state index is 14.0. The molecular weight excluding hydrogens is 534 g/mol. The van der Waals surface area contributed by atoms with Gasteiger partial charge < -0.3 is 24.4 Å². The van der Waals surface area contributed by atoms with Gasteiger partial charge in [-0.25, -0.2) is 8.42 Å². The minimum Gasteiger partial charge on any atom is -0.497 e. The molecule has 0 bridgehead atoms. The summed E-state index contributed by atoms with van der Waals surface area (Å²) >= 11 is 0. The van der Waals surface area contributed by atoms with Crippen LogP contribution in [0.1, 0.15) is 18.9 Å². The molecule has 0 saturated carbocycles. The highest BCUT2D eigenvalue weighted by atomic mass is 32.2. The molecule has 0 aromatic heterocycles. The maximum atomic E-state index is 14.0. The summed E-state index contributed by atoms with van der Waals surface area (Å²) in [5, 5.41) is 2.61. The number of rotatable bonds is 13. The fourth-order valence-electron chi connectivity index (χ4n) is 4.24. The molecule has 0 heterocycles. The second kappa shape index (κ2) is 13.7. The van der Waals surface area contributed by atoms with Gasteiger partial charge in [0.2, 0.25) is 11.8 Å². The van der Waals surface area contributed by atoms with Crippen LogP contribution in [0.4, 0.5) is 5.69 Å². The zero-order valence-corrected chi connectivity index (χ0v) is 24.1. The third-order valence-electron chi connectivity index (χ3n) is 6.41. The van der Waals surface area contributed by atoms with E-state index in [0.29, 0.717) is 23.6 Å². The van der Waals surface area contributed by atoms with Crippen molar-refractivity contribution in [3.63, 3.8) is 0 Å². The Morgan fingerprint density at radius 3 is 2.08 bits per heavy atom. The molecule has 0 aliphatic heterocycles. The van der Waals surface area contributed by atoms with Crippen LogP contribution in [0.15, 0.2) is 77.7 Å². The van der Waals surface area contributed by atoms with Crippen molar-refractivity contribution in [1.29, 1.82) is 0 Å². The van der Waals surface area contributed by atoms with Crippen LogP contribution in [0.3, 0.4) is 0 Å². The van der Waals surface area contributed by atoms with E-state index in [1.54, 1.807) is 68.6 Å². The third-order valence-corrected chi connectivity index (χ3v) is 8.18. The number of hydrogen-bond acceptors (Lipinski definition) is 7. The summed E-state index contributed by atoms with van der Waals surface area (Å²) in [6.45, 7) is 1.35. The molecule has 214 valence electrons. The second-order valence-corrected chi connectivity index (χ2v) is 10.6. The molecule has 3 rings (SSSR count). The molecule has 10 nitrogen and oxygen atoms in total. The first kappa shape index (κ1) is 30.3. The van der Waals surface area contributed by atoms with E-state index in [9.17, 15) is 18.0 Å². The lowest BCUT2D eigenvalue weighted by Crippen LogP contribution is -2.51. The normalized spacial score (nSPS) is 11.7. The predicted molar refractivity (Wildman–Crippen MR) is 152 cm³/mol. The predicted octanol–water partition coefficient (Wildman–Crippen LogP) is 3.46. The van der Waals surface area contributed by atoms with E-state index in [1.807, 2.05) is 0 Å². The van der Waals surface area contributed by atoms with Gasteiger partial charge in [0.25, 0.3) is 10.0 Å².